The van der Waals surface area contributed by atoms with Gasteiger partial charge in [-0.1, -0.05) is 0 Å². The summed E-state index contributed by atoms with van der Waals surface area (Å²) in [5.74, 6) is -0.218. The van der Waals surface area contributed by atoms with Crippen LogP contribution in [-0.2, 0) is 0 Å². The molecule has 0 aliphatic rings. The molecule has 0 aliphatic heterocycles. The molecule has 2 amide bonds. The van der Waals surface area contributed by atoms with E-state index in [0.29, 0.717) is 11.1 Å². The van der Waals surface area contributed by atoms with Crippen LogP contribution >= 0.6 is 0 Å². The molecule has 0 saturated heterocycles. The van der Waals surface area contributed by atoms with E-state index >= 15 is 0 Å². The van der Waals surface area contributed by atoms with Gasteiger partial charge in [0.05, 0.1) is 0 Å². The van der Waals surface area contributed by atoms with Crippen LogP contribution in [0.2, 0.25) is 0 Å². The molecule has 2 N–H and O–H groups in total. The fourth-order valence-electron chi connectivity index (χ4n) is 3.21. The Morgan fingerprint density at radius 1 is 0.529 bits per heavy atom. The van der Waals surface area contributed by atoms with Gasteiger partial charge < -0.3 is 0 Å². The second-order valence-electron chi connectivity index (χ2n) is 7.80. The zero-order chi connectivity index (χ0) is 23.9. The normalized spacial score (nSPS) is 10.5. The van der Waals surface area contributed by atoms with Gasteiger partial charge in [0, 0.05) is 0 Å². The summed E-state index contributed by atoms with van der Waals surface area (Å²) in [5, 5.41) is 6.00. The van der Waals surface area contributed by atoms with Gasteiger partial charge in [-0.3, -0.25) is 0 Å². The number of aryl methyl sites for hydroxylation is 2. The van der Waals surface area contributed by atoms with Crippen LogP contribution in [0.3, 0.4) is 0 Å². The van der Waals surface area contributed by atoms with Crippen LogP contribution in [0.1, 0.15) is 31.8 Å². The van der Waals surface area contributed by atoms with E-state index in [1.165, 1.54) is 0 Å². The number of hydrogen-bond donors (Lipinski definition) is 2. The SMILES string of the molecule is Cc1ccc(NC(=O)c2ccccc2[Se][Se]c2ccccc2C(=O)Nc2ccc(C)cc2)cc1. The van der Waals surface area contributed by atoms with Gasteiger partial charge in [-0.25, -0.2) is 0 Å². The van der Waals surface area contributed by atoms with Crippen molar-refractivity contribution in [2.45, 2.75) is 13.8 Å². The third-order valence-corrected chi connectivity index (χ3v) is 12.3. The van der Waals surface area contributed by atoms with Crippen LogP contribution in [0.25, 0.3) is 0 Å². The Kier molecular flexibility index (Phi) is 7.99. The molecule has 4 nitrogen and oxygen atoms in total. The van der Waals surface area contributed by atoms with E-state index in [1.807, 2.05) is 111 Å². The average Bonchev–Trinajstić information content (AvgIpc) is 2.86. The first-order chi connectivity index (χ1) is 16.5. The van der Waals surface area contributed by atoms with Gasteiger partial charge in [0.25, 0.3) is 0 Å². The summed E-state index contributed by atoms with van der Waals surface area (Å²) in [4.78, 5) is 26.0. The Balaban J connectivity index is 1.48. The Morgan fingerprint density at radius 3 is 1.26 bits per heavy atom. The Hall–Kier alpha value is -3.14. The Morgan fingerprint density at radius 2 is 0.882 bits per heavy atom. The average molecular weight is 578 g/mol. The maximum atomic E-state index is 13.0. The fraction of sp³-hybridized carbons (Fsp3) is 0.0714. The number of carbonyl (C=O) groups excluding carboxylic acids is 2. The second kappa shape index (κ2) is 11.3. The number of rotatable bonds is 7. The number of nitrogens with one attached hydrogen (secondary N) is 2. The molecule has 0 aromatic heterocycles. The van der Waals surface area contributed by atoms with Crippen molar-refractivity contribution in [1.29, 1.82) is 0 Å². The molecule has 170 valence electrons. The summed E-state index contributed by atoms with van der Waals surface area (Å²) in [6.07, 6.45) is 0. The molecule has 0 atom stereocenters. The second-order valence-corrected chi connectivity index (χ2v) is 14.0. The van der Waals surface area contributed by atoms with Crippen molar-refractivity contribution in [1.82, 2.24) is 0 Å². The van der Waals surface area contributed by atoms with Gasteiger partial charge in [0.2, 0.25) is 0 Å². The molecule has 0 fully saturated rings. The van der Waals surface area contributed by atoms with Crippen LogP contribution in [0.4, 0.5) is 11.4 Å². The van der Waals surface area contributed by atoms with E-state index in [1.54, 1.807) is 0 Å². The zero-order valence-corrected chi connectivity index (χ0v) is 22.3. The standard InChI is InChI=1S/C28H24N2O2Se2/c1-19-11-15-21(16-12-19)29-27(31)23-7-3-5-9-25(23)33-34-26-10-6-4-8-24(26)28(32)30-22-17-13-20(2)14-18-22/h3-18H,1-2H3,(H,29,31)(H,30,32). The van der Waals surface area contributed by atoms with E-state index in [4.69, 9.17) is 0 Å². The predicted octanol–water partition coefficient (Wildman–Crippen LogP) is 4.08. The van der Waals surface area contributed by atoms with Crippen molar-refractivity contribution in [2.75, 3.05) is 10.6 Å². The van der Waals surface area contributed by atoms with Gasteiger partial charge in [0.15, 0.2) is 0 Å². The van der Waals surface area contributed by atoms with E-state index in [2.05, 4.69) is 10.6 Å². The van der Waals surface area contributed by atoms with Gasteiger partial charge in [-0.2, -0.15) is 0 Å². The number of carbonyl (C=O) groups is 2. The molecular weight excluding hydrogens is 554 g/mol. The van der Waals surface area contributed by atoms with Crippen molar-refractivity contribution >= 4 is 58.4 Å². The predicted molar refractivity (Wildman–Crippen MR) is 142 cm³/mol. The third-order valence-electron chi connectivity index (χ3n) is 5.10. The molecule has 0 spiro atoms. The molecule has 34 heavy (non-hydrogen) atoms. The molecule has 0 bridgehead atoms. The molecule has 0 aliphatic carbocycles. The summed E-state index contributed by atoms with van der Waals surface area (Å²) in [6.45, 7) is 4.04. The molecule has 6 heteroatoms. The molecule has 0 unspecified atom stereocenters. The molecule has 4 aromatic carbocycles. The van der Waals surface area contributed by atoms with Crippen molar-refractivity contribution in [3.05, 3.63) is 119 Å². The summed E-state index contributed by atoms with van der Waals surface area (Å²) >= 11 is 0.0723. The van der Waals surface area contributed by atoms with E-state index in [9.17, 15) is 9.59 Å². The van der Waals surface area contributed by atoms with Gasteiger partial charge in [0.1, 0.15) is 0 Å². The van der Waals surface area contributed by atoms with Gasteiger partial charge in [-0.05, 0) is 0 Å². The van der Waals surface area contributed by atoms with Gasteiger partial charge >= 0.3 is 212 Å². The summed E-state index contributed by atoms with van der Waals surface area (Å²) in [6, 6.07) is 31.0. The Labute approximate surface area is 211 Å². The van der Waals surface area contributed by atoms with E-state index in [-0.39, 0.29) is 38.1 Å². The van der Waals surface area contributed by atoms with Crippen LogP contribution in [0.5, 0.6) is 0 Å². The Bertz CT molecular complexity index is 1200. The van der Waals surface area contributed by atoms with E-state index in [0.717, 1.165) is 31.4 Å². The third kappa shape index (κ3) is 6.25. The maximum absolute atomic E-state index is 13.0. The van der Waals surface area contributed by atoms with Gasteiger partial charge in [-0.15, -0.1) is 0 Å². The molecule has 4 rings (SSSR count). The van der Waals surface area contributed by atoms with E-state index < -0.39 is 0 Å². The molecule has 0 heterocycles. The molecule has 0 saturated carbocycles. The van der Waals surface area contributed by atoms with Crippen molar-refractivity contribution in [3.8, 4) is 0 Å². The fourth-order valence-corrected chi connectivity index (χ4v) is 10.3. The molecule has 4 aromatic rings. The molecule has 0 radical (unpaired) electrons. The number of amides is 2. The topological polar surface area (TPSA) is 58.2 Å². The minimum atomic E-state index is -0.109. The number of anilines is 2. The van der Waals surface area contributed by atoms with Crippen molar-refractivity contribution in [3.63, 3.8) is 0 Å². The van der Waals surface area contributed by atoms with Crippen LogP contribution < -0.4 is 19.6 Å². The first kappa shape index (κ1) is 24.0. The summed E-state index contributed by atoms with van der Waals surface area (Å²) < 4.78 is 2.07. The quantitative estimate of drug-likeness (QED) is 0.325. The number of benzene rings is 4. The monoisotopic (exact) mass is 580 g/mol. The summed E-state index contributed by atoms with van der Waals surface area (Å²) in [7, 11) is 0. The van der Waals surface area contributed by atoms with Crippen molar-refractivity contribution in [2.24, 2.45) is 0 Å². The van der Waals surface area contributed by atoms with Crippen LogP contribution in [0, 0.1) is 13.8 Å². The van der Waals surface area contributed by atoms with Crippen molar-refractivity contribution < 1.29 is 9.59 Å². The van der Waals surface area contributed by atoms with Crippen LogP contribution in [-0.4, -0.2) is 38.1 Å². The first-order valence-electron chi connectivity index (χ1n) is 10.8. The zero-order valence-electron chi connectivity index (χ0n) is 18.9. The molecular formula is C28H24N2O2Se2. The van der Waals surface area contributed by atoms with Crippen LogP contribution in [0.15, 0.2) is 97.1 Å². The first-order valence-corrected chi connectivity index (χ1v) is 16.8. The minimum absolute atomic E-state index is 0.0362. The number of hydrogen-bond acceptors (Lipinski definition) is 2. The summed E-state index contributed by atoms with van der Waals surface area (Å²) in [5.41, 5.74) is 5.23.